The topological polar surface area (TPSA) is 84.9 Å². The number of benzene rings is 2. The number of amides is 1. The summed E-state index contributed by atoms with van der Waals surface area (Å²) in [5, 5.41) is 2.93. The summed E-state index contributed by atoms with van der Waals surface area (Å²) in [6.07, 6.45) is 1.07. The minimum atomic E-state index is -3.74. The van der Waals surface area contributed by atoms with Gasteiger partial charge in [-0.05, 0) is 51.0 Å². The third-order valence-corrected chi connectivity index (χ3v) is 6.20. The smallest absolute Gasteiger partial charge is 0.244 e. The van der Waals surface area contributed by atoms with Gasteiger partial charge in [-0.3, -0.25) is 9.10 Å². The molecule has 8 heteroatoms. The van der Waals surface area contributed by atoms with Crippen LogP contribution in [0.2, 0.25) is 0 Å². The highest BCUT2D eigenvalue weighted by Gasteiger charge is 2.30. The van der Waals surface area contributed by atoms with Crippen molar-refractivity contribution >= 4 is 21.6 Å². The molecular weight excluding hydrogens is 404 g/mol. The van der Waals surface area contributed by atoms with Crippen LogP contribution in [0.15, 0.2) is 36.4 Å². The summed E-state index contributed by atoms with van der Waals surface area (Å²) < 4.78 is 36.7. The number of carbonyl (C=O) groups is 1. The highest BCUT2D eigenvalue weighted by molar-refractivity contribution is 7.92. The first kappa shape index (κ1) is 23.5. The van der Waals surface area contributed by atoms with Gasteiger partial charge in [0.1, 0.15) is 6.04 Å². The van der Waals surface area contributed by atoms with E-state index in [4.69, 9.17) is 9.47 Å². The minimum Gasteiger partial charge on any atom is -0.493 e. The lowest BCUT2D eigenvalue weighted by atomic mass is 10.00. The number of aryl methyl sites for hydroxylation is 2. The Labute approximate surface area is 179 Å². The summed E-state index contributed by atoms with van der Waals surface area (Å²) >= 11 is 0. The fraction of sp³-hybridized carbons (Fsp3) is 0.409. The Bertz CT molecular complexity index is 1020. The number of nitrogens with one attached hydrogen (secondary N) is 1. The summed E-state index contributed by atoms with van der Waals surface area (Å²) in [5.41, 5.74) is 3.50. The van der Waals surface area contributed by atoms with Crippen LogP contribution in [-0.2, 0) is 14.8 Å². The van der Waals surface area contributed by atoms with Gasteiger partial charge in [-0.25, -0.2) is 8.42 Å². The number of sulfonamides is 1. The average molecular weight is 435 g/mol. The molecule has 2 atom stereocenters. The molecule has 0 unspecified atom stereocenters. The van der Waals surface area contributed by atoms with Crippen LogP contribution in [0, 0.1) is 13.8 Å². The Hall–Kier alpha value is -2.74. The van der Waals surface area contributed by atoms with Crippen molar-refractivity contribution in [1.29, 1.82) is 0 Å². The monoisotopic (exact) mass is 434 g/mol. The fourth-order valence-electron chi connectivity index (χ4n) is 3.49. The summed E-state index contributed by atoms with van der Waals surface area (Å²) in [6.45, 7) is 7.43. The Kier molecular flexibility index (Phi) is 7.36. The van der Waals surface area contributed by atoms with Gasteiger partial charge in [-0.15, -0.1) is 0 Å². The van der Waals surface area contributed by atoms with Gasteiger partial charge < -0.3 is 14.8 Å². The molecule has 0 fully saturated rings. The van der Waals surface area contributed by atoms with Crippen LogP contribution in [0.25, 0.3) is 0 Å². The van der Waals surface area contributed by atoms with Crippen LogP contribution >= 0.6 is 0 Å². The third kappa shape index (κ3) is 5.24. The van der Waals surface area contributed by atoms with Gasteiger partial charge in [0.15, 0.2) is 11.5 Å². The molecule has 7 nitrogen and oxygen atoms in total. The molecule has 0 radical (unpaired) electrons. The molecule has 30 heavy (non-hydrogen) atoms. The van der Waals surface area contributed by atoms with Crippen molar-refractivity contribution in [2.24, 2.45) is 0 Å². The molecule has 1 N–H and O–H groups in total. The molecule has 0 aliphatic carbocycles. The van der Waals surface area contributed by atoms with Crippen molar-refractivity contribution in [3.8, 4) is 11.5 Å². The van der Waals surface area contributed by atoms with E-state index < -0.39 is 22.0 Å². The Morgan fingerprint density at radius 3 is 2.17 bits per heavy atom. The molecule has 2 rings (SSSR count). The van der Waals surface area contributed by atoms with E-state index in [2.05, 4.69) is 5.32 Å². The van der Waals surface area contributed by atoms with E-state index in [0.717, 1.165) is 27.3 Å². The second-order valence-electron chi connectivity index (χ2n) is 7.36. The molecule has 164 valence electrons. The van der Waals surface area contributed by atoms with Gasteiger partial charge in [-0.2, -0.15) is 0 Å². The number of nitrogens with zero attached hydrogens (tertiary/aromatic N) is 1. The molecular formula is C22H30N2O5S. The number of rotatable bonds is 8. The van der Waals surface area contributed by atoms with Crippen molar-refractivity contribution in [2.45, 2.75) is 39.8 Å². The molecule has 2 aromatic rings. The normalized spacial score (nSPS) is 13.3. The highest BCUT2D eigenvalue weighted by atomic mass is 32.2. The lowest BCUT2D eigenvalue weighted by molar-refractivity contribution is -0.122. The first-order valence-electron chi connectivity index (χ1n) is 9.58. The molecule has 1 amide bonds. The van der Waals surface area contributed by atoms with E-state index in [1.54, 1.807) is 19.1 Å². The Morgan fingerprint density at radius 1 is 1.00 bits per heavy atom. The first-order valence-corrected chi connectivity index (χ1v) is 11.4. The van der Waals surface area contributed by atoms with Gasteiger partial charge in [0.25, 0.3) is 0 Å². The molecule has 0 aliphatic rings. The van der Waals surface area contributed by atoms with E-state index in [0.29, 0.717) is 17.2 Å². The lowest BCUT2D eigenvalue weighted by Gasteiger charge is -2.30. The maximum Gasteiger partial charge on any atom is 0.244 e. The minimum absolute atomic E-state index is 0.271. The van der Waals surface area contributed by atoms with Gasteiger partial charge >= 0.3 is 0 Å². The van der Waals surface area contributed by atoms with E-state index in [1.165, 1.54) is 20.3 Å². The van der Waals surface area contributed by atoms with Gasteiger partial charge in [0.05, 0.1) is 32.2 Å². The number of methoxy groups -OCH3 is 2. The van der Waals surface area contributed by atoms with Crippen LogP contribution < -0.4 is 19.1 Å². The molecule has 0 saturated heterocycles. The summed E-state index contributed by atoms with van der Waals surface area (Å²) in [7, 11) is -0.782. The number of hydrogen-bond acceptors (Lipinski definition) is 5. The zero-order valence-electron chi connectivity index (χ0n) is 18.5. The second-order valence-corrected chi connectivity index (χ2v) is 9.22. The lowest BCUT2D eigenvalue weighted by Crippen LogP contribution is -2.48. The van der Waals surface area contributed by atoms with Crippen LogP contribution in [0.4, 0.5) is 5.69 Å². The number of ether oxygens (including phenoxy) is 2. The quantitative estimate of drug-likeness (QED) is 0.689. The standard InChI is InChI=1S/C22H30N2O5S/c1-14-8-10-19(15(2)12-14)16(3)23-22(25)17(4)24(30(7,26)27)18-9-11-20(28-5)21(13-18)29-6/h8-13,16-17H,1-7H3,(H,23,25)/t16-,17+/m0/s1. The second kappa shape index (κ2) is 9.38. The van der Waals surface area contributed by atoms with Crippen molar-refractivity contribution in [2.75, 3.05) is 24.8 Å². The van der Waals surface area contributed by atoms with Crippen molar-refractivity contribution < 1.29 is 22.7 Å². The van der Waals surface area contributed by atoms with Crippen LogP contribution in [0.1, 0.15) is 36.6 Å². The Morgan fingerprint density at radius 2 is 1.63 bits per heavy atom. The van der Waals surface area contributed by atoms with Crippen LogP contribution in [-0.4, -0.2) is 40.8 Å². The molecule has 0 heterocycles. The first-order chi connectivity index (χ1) is 14.0. The molecule has 0 saturated carbocycles. The number of hydrogen-bond donors (Lipinski definition) is 1. The largest absolute Gasteiger partial charge is 0.493 e. The van der Waals surface area contributed by atoms with Crippen molar-refractivity contribution in [1.82, 2.24) is 5.32 Å². The fourth-order valence-corrected chi connectivity index (χ4v) is 4.66. The zero-order valence-corrected chi connectivity index (χ0v) is 19.3. The van der Waals surface area contributed by atoms with Gasteiger partial charge in [-0.1, -0.05) is 23.8 Å². The SMILES string of the molecule is COc1ccc(N([C@H](C)C(=O)N[C@@H](C)c2ccc(C)cc2C)S(C)(=O)=O)cc1OC. The zero-order chi connectivity index (χ0) is 22.6. The summed E-state index contributed by atoms with van der Waals surface area (Å²) in [5.74, 6) is 0.442. The summed E-state index contributed by atoms with van der Waals surface area (Å²) in [4.78, 5) is 13.0. The van der Waals surface area contributed by atoms with Gasteiger partial charge in [0.2, 0.25) is 15.9 Å². The van der Waals surface area contributed by atoms with E-state index >= 15 is 0 Å². The molecule has 2 aromatic carbocycles. The highest BCUT2D eigenvalue weighted by Crippen LogP contribution is 2.33. The van der Waals surface area contributed by atoms with Crippen LogP contribution in [0.5, 0.6) is 11.5 Å². The number of anilines is 1. The van der Waals surface area contributed by atoms with Gasteiger partial charge in [0, 0.05) is 6.07 Å². The third-order valence-electron chi connectivity index (χ3n) is 4.96. The molecule has 0 spiro atoms. The van der Waals surface area contributed by atoms with E-state index in [1.807, 2.05) is 39.0 Å². The van der Waals surface area contributed by atoms with Crippen molar-refractivity contribution in [3.05, 3.63) is 53.1 Å². The predicted molar refractivity (Wildman–Crippen MR) is 119 cm³/mol. The number of carbonyl (C=O) groups excluding carboxylic acids is 1. The van der Waals surface area contributed by atoms with Crippen molar-refractivity contribution in [3.63, 3.8) is 0 Å². The molecule has 0 aliphatic heterocycles. The Balaban J connectivity index is 2.33. The van der Waals surface area contributed by atoms with Crippen LogP contribution in [0.3, 0.4) is 0 Å². The van der Waals surface area contributed by atoms with E-state index in [-0.39, 0.29) is 6.04 Å². The maximum atomic E-state index is 13.0. The molecule has 0 bridgehead atoms. The van der Waals surface area contributed by atoms with E-state index in [9.17, 15) is 13.2 Å². The average Bonchev–Trinajstić information content (AvgIpc) is 2.66. The maximum absolute atomic E-state index is 13.0. The molecule has 0 aromatic heterocycles. The predicted octanol–water partition coefficient (Wildman–Crippen LogP) is 3.35. The summed E-state index contributed by atoms with van der Waals surface area (Å²) in [6, 6.07) is 9.50.